The summed E-state index contributed by atoms with van der Waals surface area (Å²) in [7, 11) is -3.68. The largest absolute Gasteiger partial charge is 0.498 e. The minimum atomic E-state index is -3.68. The molecule has 0 saturated heterocycles. The molecule has 0 aromatic carbocycles. The minimum absolute atomic E-state index is 0.0250. The average Bonchev–Trinajstić information content (AvgIpc) is 2.32. The molecule has 7 nitrogen and oxygen atoms in total. The number of aliphatic hydroxyl groups is 2. The molecule has 0 aromatic rings. The van der Waals surface area contributed by atoms with Crippen molar-refractivity contribution in [1.29, 1.82) is 0 Å². The highest BCUT2D eigenvalue weighted by Crippen LogP contribution is 2.16. The van der Waals surface area contributed by atoms with Gasteiger partial charge in [-0.3, -0.25) is 0 Å². The summed E-state index contributed by atoms with van der Waals surface area (Å²) >= 11 is 0. The predicted molar refractivity (Wildman–Crippen MR) is 66.0 cm³/mol. The Hall–Kier alpha value is -0.0631. The van der Waals surface area contributed by atoms with Crippen molar-refractivity contribution in [3.63, 3.8) is 0 Å². The van der Waals surface area contributed by atoms with E-state index < -0.39 is 14.9 Å². The maximum atomic E-state index is 9.62. The van der Waals surface area contributed by atoms with Gasteiger partial charge in [-0.1, -0.05) is 13.8 Å². The van der Waals surface area contributed by atoms with Crippen molar-refractivity contribution in [2.45, 2.75) is 25.5 Å². The van der Waals surface area contributed by atoms with E-state index in [0.29, 0.717) is 0 Å². The number of hydrogen-bond donors (Lipinski definition) is 4. The molecule has 18 heavy (non-hydrogen) atoms. The van der Waals surface area contributed by atoms with Crippen LogP contribution in [0.15, 0.2) is 0 Å². The summed E-state index contributed by atoms with van der Waals surface area (Å²) in [5.41, 5.74) is -0.352. The average molecular weight is 284 g/mol. The summed E-state index contributed by atoms with van der Waals surface area (Å²) in [5.74, 6) is 0. The fourth-order valence-corrected chi connectivity index (χ4v) is 1.79. The lowest BCUT2D eigenvalue weighted by molar-refractivity contribution is -0.0602. The van der Waals surface area contributed by atoms with E-state index in [0.717, 1.165) is 0 Å². The predicted octanol–water partition coefficient (Wildman–Crippen LogP) is -1.28. The Kier molecular flexibility index (Phi) is 9.78. The van der Waals surface area contributed by atoms with Crippen molar-refractivity contribution in [3.05, 3.63) is 0 Å². The van der Waals surface area contributed by atoms with Crippen LogP contribution in [-0.4, -0.2) is 74.4 Å². The lowest BCUT2D eigenvalue weighted by Crippen LogP contribution is -2.45. The quantitative estimate of drug-likeness (QED) is 0.276. The summed E-state index contributed by atoms with van der Waals surface area (Å²) in [6.45, 7) is 3.51. The van der Waals surface area contributed by atoms with Gasteiger partial charge in [0.05, 0.1) is 39.6 Å². The van der Waals surface area contributed by atoms with Gasteiger partial charge in [0.1, 0.15) is 6.10 Å². The fourth-order valence-electron chi connectivity index (χ4n) is 1.03. The highest BCUT2D eigenvalue weighted by atomic mass is 28.4. The van der Waals surface area contributed by atoms with Gasteiger partial charge in [0.2, 0.25) is 0 Å². The lowest BCUT2D eigenvalue weighted by Gasteiger charge is -2.25. The molecule has 0 saturated carbocycles. The van der Waals surface area contributed by atoms with Crippen LogP contribution >= 0.6 is 0 Å². The van der Waals surface area contributed by atoms with Crippen LogP contribution in [0.5, 0.6) is 0 Å². The van der Waals surface area contributed by atoms with Gasteiger partial charge in [0.15, 0.2) is 0 Å². The summed E-state index contributed by atoms with van der Waals surface area (Å²) in [4.78, 5) is 19.2. The Bertz CT molecular complexity index is 201. The smallest absolute Gasteiger partial charge is 0.394 e. The Morgan fingerprint density at radius 1 is 1.00 bits per heavy atom. The molecular formula is C10H24O7Si. The van der Waals surface area contributed by atoms with Crippen LogP contribution < -0.4 is 0 Å². The molecule has 4 N–H and O–H groups in total. The van der Waals surface area contributed by atoms with E-state index in [2.05, 4.69) is 0 Å². The van der Waals surface area contributed by atoms with Gasteiger partial charge in [0.25, 0.3) is 0 Å². The normalized spacial score (nSPS) is 14.2. The van der Waals surface area contributed by atoms with E-state index in [1.165, 1.54) is 0 Å². The number of hydrogen-bond acceptors (Lipinski definition) is 7. The monoisotopic (exact) mass is 284 g/mol. The van der Waals surface area contributed by atoms with Crippen LogP contribution in [0.3, 0.4) is 0 Å². The van der Waals surface area contributed by atoms with Crippen LogP contribution in [0.2, 0.25) is 5.54 Å². The van der Waals surface area contributed by atoms with Crippen molar-refractivity contribution in [3.8, 4) is 0 Å². The Morgan fingerprint density at radius 3 is 2.11 bits per heavy atom. The van der Waals surface area contributed by atoms with Crippen molar-refractivity contribution < 1.29 is 33.7 Å². The third kappa shape index (κ3) is 8.11. The second kappa shape index (κ2) is 9.81. The standard InChI is InChI=1S/C10H24O7Si/c1-9(2)18(13,14)17-8-10(16-6-4-12)7-15-5-3-11/h9-14H,3-8H2,1-2H3. The van der Waals surface area contributed by atoms with E-state index in [1.54, 1.807) is 13.8 Å². The summed E-state index contributed by atoms with van der Waals surface area (Å²) in [5, 5.41) is 17.2. The Morgan fingerprint density at radius 2 is 1.61 bits per heavy atom. The molecular weight excluding hydrogens is 260 g/mol. The Balaban J connectivity index is 4.05. The zero-order valence-electron chi connectivity index (χ0n) is 10.9. The molecule has 1 unspecified atom stereocenters. The second-order valence-electron chi connectivity index (χ2n) is 4.14. The first-order chi connectivity index (χ1) is 8.44. The van der Waals surface area contributed by atoms with Gasteiger partial charge >= 0.3 is 8.80 Å². The number of aliphatic hydroxyl groups excluding tert-OH is 2. The molecule has 0 rings (SSSR count). The van der Waals surface area contributed by atoms with E-state index in [1.807, 2.05) is 0 Å². The first-order valence-electron chi connectivity index (χ1n) is 5.93. The lowest BCUT2D eigenvalue weighted by atomic mass is 10.4. The zero-order chi connectivity index (χ0) is 14.0. The van der Waals surface area contributed by atoms with Crippen molar-refractivity contribution in [2.75, 3.05) is 39.6 Å². The first kappa shape index (κ1) is 17.9. The third-order valence-corrected chi connectivity index (χ3v) is 4.31. The molecule has 0 aliphatic rings. The molecule has 110 valence electrons. The fraction of sp³-hybridized carbons (Fsp3) is 1.00. The molecule has 0 heterocycles. The zero-order valence-corrected chi connectivity index (χ0v) is 11.9. The molecule has 1 atom stereocenters. The topological polar surface area (TPSA) is 109 Å². The van der Waals surface area contributed by atoms with Crippen molar-refractivity contribution in [1.82, 2.24) is 0 Å². The molecule has 0 radical (unpaired) electrons. The van der Waals surface area contributed by atoms with Crippen molar-refractivity contribution >= 4 is 8.80 Å². The van der Waals surface area contributed by atoms with Crippen LogP contribution in [0.25, 0.3) is 0 Å². The van der Waals surface area contributed by atoms with Crippen LogP contribution in [0.4, 0.5) is 0 Å². The molecule has 0 aliphatic carbocycles. The molecule has 0 aromatic heterocycles. The third-order valence-electron chi connectivity index (χ3n) is 2.22. The first-order valence-corrected chi connectivity index (χ1v) is 7.81. The minimum Gasteiger partial charge on any atom is -0.394 e. The van der Waals surface area contributed by atoms with Crippen LogP contribution in [0, 0.1) is 0 Å². The van der Waals surface area contributed by atoms with E-state index >= 15 is 0 Å². The molecule has 8 heteroatoms. The van der Waals surface area contributed by atoms with Gasteiger partial charge in [0, 0.05) is 5.54 Å². The highest BCUT2D eigenvalue weighted by Gasteiger charge is 2.37. The van der Waals surface area contributed by atoms with Gasteiger partial charge in [-0.05, 0) is 0 Å². The van der Waals surface area contributed by atoms with Crippen LogP contribution in [-0.2, 0) is 13.9 Å². The van der Waals surface area contributed by atoms with E-state index in [4.69, 9.17) is 24.1 Å². The Labute approximate surface area is 108 Å². The van der Waals surface area contributed by atoms with Crippen LogP contribution in [0.1, 0.15) is 13.8 Å². The maximum absolute atomic E-state index is 9.62. The SMILES string of the molecule is CC(C)[Si](O)(O)OCC(COCCO)OCCO. The molecule has 0 aliphatic heterocycles. The highest BCUT2D eigenvalue weighted by molar-refractivity contribution is 6.59. The molecule has 0 bridgehead atoms. The molecule has 0 spiro atoms. The van der Waals surface area contributed by atoms with E-state index in [-0.39, 0.29) is 45.2 Å². The van der Waals surface area contributed by atoms with Gasteiger partial charge in [-0.15, -0.1) is 0 Å². The summed E-state index contributed by atoms with van der Waals surface area (Å²) in [6.07, 6.45) is -0.506. The molecule has 0 amide bonds. The van der Waals surface area contributed by atoms with E-state index in [9.17, 15) is 9.59 Å². The molecule has 0 fully saturated rings. The number of rotatable bonds is 11. The second-order valence-corrected chi connectivity index (χ2v) is 6.90. The van der Waals surface area contributed by atoms with Gasteiger partial charge in [-0.25, -0.2) is 0 Å². The van der Waals surface area contributed by atoms with Gasteiger partial charge in [-0.2, -0.15) is 0 Å². The summed E-state index contributed by atoms with van der Waals surface area (Å²) in [6, 6.07) is 0. The summed E-state index contributed by atoms with van der Waals surface area (Å²) < 4.78 is 15.4. The van der Waals surface area contributed by atoms with Crippen molar-refractivity contribution in [2.24, 2.45) is 0 Å². The number of ether oxygens (including phenoxy) is 2. The van der Waals surface area contributed by atoms with Gasteiger partial charge < -0.3 is 33.7 Å². The maximum Gasteiger partial charge on any atom is 0.498 e.